The van der Waals surface area contributed by atoms with Crippen LogP contribution in [0, 0.1) is 0 Å². The molecular weight excluding hydrogens is 419 g/mol. The standard InChI is InChI=1S/C21H25ClN2O2.2ClH/c22-18-6-7-20-19(16-18)21(17-4-2-1-3-5-17)24(12-15-26-20)9-8-23-10-13-25-14-11-23;;/h1-7,16,21H,8-15H2;2*1H. The van der Waals surface area contributed by atoms with Gasteiger partial charge in [0.25, 0.3) is 0 Å². The van der Waals surface area contributed by atoms with Crippen LogP contribution in [0.4, 0.5) is 0 Å². The second-order valence-electron chi connectivity index (χ2n) is 6.83. The Balaban J connectivity index is 0.00000140. The highest BCUT2D eigenvalue weighted by Gasteiger charge is 2.28. The molecular formula is C21H27Cl3N2O2. The summed E-state index contributed by atoms with van der Waals surface area (Å²) in [5, 5.41) is 0.753. The van der Waals surface area contributed by atoms with E-state index >= 15 is 0 Å². The first-order valence-electron chi connectivity index (χ1n) is 9.32. The van der Waals surface area contributed by atoms with E-state index in [-0.39, 0.29) is 30.9 Å². The van der Waals surface area contributed by atoms with Gasteiger partial charge in [-0.3, -0.25) is 9.80 Å². The van der Waals surface area contributed by atoms with E-state index in [9.17, 15) is 0 Å². The molecule has 2 aromatic carbocycles. The predicted octanol–water partition coefficient (Wildman–Crippen LogP) is 4.30. The van der Waals surface area contributed by atoms with Gasteiger partial charge < -0.3 is 9.47 Å². The highest BCUT2D eigenvalue weighted by Crippen LogP contribution is 2.38. The van der Waals surface area contributed by atoms with Crippen molar-refractivity contribution in [2.75, 3.05) is 52.5 Å². The molecule has 4 nitrogen and oxygen atoms in total. The van der Waals surface area contributed by atoms with E-state index in [0.717, 1.165) is 62.3 Å². The molecule has 2 aliphatic heterocycles. The topological polar surface area (TPSA) is 24.9 Å². The average molecular weight is 446 g/mol. The van der Waals surface area contributed by atoms with Crippen molar-refractivity contribution in [3.63, 3.8) is 0 Å². The lowest BCUT2D eigenvalue weighted by molar-refractivity contribution is 0.0315. The van der Waals surface area contributed by atoms with E-state index in [1.807, 2.05) is 12.1 Å². The van der Waals surface area contributed by atoms with Gasteiger partial charge in [0.2, 0.25) is 0 Å². The van der Waals surface area contributed by atoms with Crippen molar-refractivity contribution in [3.8, 4) is 5.75 Å². The normalized spacial score (nSPS) is 20.1. The van der Waals surface area contributed by atoms with Crippen LogP contribution < -0.4 is 4.74 Å². The lowest BCUT2D eigenvalue weighted by Crippen LogP contribution is -2.43. The van der Waals surface area contributed by atoms with Gasteiger partial charge in [-0.05, 0) is 23.8 Å². The molecule has 0 spiro atoms. The van der Waals surface area contributed by atoms with Crippen LogP contribution in [0.15, 0.2) is 48.5 Å². The van der Waals surface area contributed by atoms with Gasteiger partial charge in [-0.15, -0.1) is 24.8 Å². The number of fused-ring (bicyclic) bond motifs is 1. The molecule has 1 fully saturated rings. The summed E-state index contributed by atoms with van der Waals surface area (Å²) >= 11 is 6.33. The summed E-state index contributed by atoms with van der Waals surface area (Å²) in [6.45, 7) is 7.34. The summed E-state index contributed by atoms with van der Waals surface area (Å²) in [6.07, 6.45) is 0. The highest BCUT2D eigenvalue weighted by molar-refractivity contribution is 6.30. The highest BCUT2D eigenvalue weighted by atomic mass is 35.5. The Hall–Kier alpha value is -1.01. The monoisotopic (exact) mass is 444 g/mol. The maximum Gasteiger partial charge on any atom is 0.124 e. The molecule has 0 saturated carbocycles. The van der Waals surface area contributed by atoms with Crippen LogP contribution in [0.25, 0.3) is 0 Å². The van der Waals surface area contributed by atoms with Gasteiger partial charge in [0.05, 0.1) is 19.3 Å². The third-order valence-electron chi connectivity index (χ3n) is 5.19. The number of morpholine rings is 1. The molecule has 0 aliphatic carbocycles. The Kier molecular flexibility index (Phi) is 9.35. The second kappa shape index (κ2) is 11.2. The lowest BCUT2D eigenvalue weighted by Gasteiger charge is -2.34. The third-order valence-corrected chi connectivity index (χ3v) is 5.43. The summed E-state index contributed by atoms with van der Waals surface area (Å²) in [6, 6.07) is 16.8. The van der Waals surface area contributed by atoms with Crippen molar-refractivity contribution >= 4 is 36.4 Å². The van der Waals surface area contributed by atoms with E-state index in [0.29, 0.717) is 6.61 Å². The van der Waals surface area contributed by atoms with Gasteiger partial charge in [-0.1, -0.05) is 41.9 Å². The molecule has 1 atom stereocenters. The van der Waals surface area contributed by atoms with Gasteiger partial charge in [-0.25, -0.2) is 0 Å². The molecule has 7 heteroatoms. The van der Waals surface area contributed by atoms with Gasteiger partial charge >= 0.3 is 0 Å². The predicted molar refractivity (Wildman–Crippen MR) is 119 cm³/mol. The maximum absolute atomic E-state index is 6.33. The first-order chi connectivity index (χ1) is 12.8. The zero-order valence-electron chi connectivity index (χ0n) is 15.8. The number of nitrogens with zero attached hydrogens (tertiary/aromatic N) is 2. The van der Waals surface area contributed by atoms with E-state index in [2.05, 4.69) is 46.2 Å². The summed E-state index contributed by atoms with van der Waals surface area (Å²) < 4.78 is 11.5. The minimum Gasteiger partial charge on any atom is -0.492 e. The second-order valence-corrected chi connectivity index (χ2v) is 7.27. The number of hydrogen-bond donors (Lipinski definition) is 0. The van der Waals surface area contributed by atoms with Crippen LogP contribution in [0.1, 0.15) is 17.2 Å². The van der Waals surface area contributed by atoms with Crippen molar-refractivity contribution in [3.05, 3.63) is 64.7 Å². The van der Waals surface area contributed by atoms with Crippen molar-refractivity contribution < 1.29 is 9.47 Å². The Bertz CT molecular complexity index is 727. The number of hydrogen-bond acceptors (Lipinski definition) is 4. The summed E-state index contributed by atoms with van der Waals surface area (Å²) in [7, 11) is 0. The molecule has 1 unspecified atom stereocenters. The number of benzene rings is 2. The average Bonchev–Trinajstić information content (AvgIpc) is 2.86. The molecule has 0 aromatic heterocycles. The van der Waals surface area contributed by atoms with Crippen LogP contribution in [-0.2, 0) is 4.74 Å². The molecule has 1 saturated heterocycles. The largest absolute Gasteiger partial charge is 0.492 e. The molecule has 4 rings (SSSR count). The molecule has 0 radical (unpaired) electrons. The van der Waals surface area contributed by atoms with Crippen LogP contribution in [-0.4, -0.2) is 62.3 Å². The maximum atomic E-state index is 6.33. The van der Waals surface area contributed by atoms with E-state index < -0.39 is 0 Å². The fourth-order valence-electron chi connectivity index (χ4n) is 3.82. The quantitative estimate of drug-likeness (QED) is 0.700. The molecule has 0 N–H and O–H groups in total. The number of halogens is 3. The smallest absolute Gasteiger partial charge is 0.124 e. The van der Waals surface area contributed by atoms with Crippen molar-refractivity contribution in [1.29, 1.82) is 0 Å². The summed E-state index contributed by atoms with van der Waals surface area (Å²) in [5.41, 5.74) is 2.44. The lowest BCUT2D eigenvalue weighted by atomic mass is 9.96. The van der Waals surface area contributed by atoms with E-state index in [1.54, 1.807) is 0 Å². The van der Waals surface area contributed by atoms with Crippen LogP contribution in [0.5, 0.6) is 5.75 Å². The zero-order chi connectivity index (χ0) is 17.8. The minimum absolute atomic E-state index is 0. The minimum atomic E-state index is 0. The van der Waals surface area contributed by atoms with Gasteiger partial charge in [-0.2, -0.15) is 0 Å². The SMILES string of the molecule is Cl.Cl.Clc1ccc2c(c1)C(c1ccccc1)N(CCN1CCOCC1)CCO2. The fraction of sp³-hybridized carbons (Fsp3) is 0.429. The number of rotatable bonds is 4. The van der Waals surface area contributed by atoms with Crippen LogP contribution in [0.3, 0.4) is 0 Å². The number of ether oxygens (including phenoxy) is 2. The Labute approximate surface area is 184 Å². The van der Waals surface area contributed by atoms with E-state index in [1.165, 1.54) is 5.56 Å². The molecule has 154 valence electrons. The zero-order valence-corrected chi connectivity index (χ0v) is 18.1. The molecule has 2 aliphatic rings. The summed E-state index contributed by atoms with van der Waals surface area (Å²) in [4.78, 5) is 5.00. The Morgan fingerprint density at radius 2 is 1.64 bits per heavy atom. The summed E-state index contributed by atoms with van der Waals surface area (Å²) in [5.74, 6) is 0.942. The van der Waals surface area contributed by atoms with Crippen molar-refractivity contribution in [2.45, 2.75) is 6.04 Å². The van der Waals surface area contributed by atoms with Crippen molar-refractivity contribution in [1.82, 2.24) is 9.80 Å². The van der Waals surface area contributed by atoms with Gasteiger partial charge in [0.1, 0.15) is 12.4 Å². The third kappa shape index (κ3) is 5.53. The van der Waals surface area contributed by atoms with Crippen LogP contribution >= 0.6 is 36.4 Å². The Morgan fingerprint density at radius 3 is 2.39 bits per heavy atom. The first kappa shape index (κ1) is 23.3. The Morgan fingerprint density at radius 1 is 0.893 bits per heavy atom. The molecule has 2 heterocycles. The fourth-order valence-corrected chi connectivity index (χ4v) is 4.00. The molecule has 0 amide bonds. The van der Waals surface area contributed by atoms with E-state index in [4.69, 9.17) is 21.1 Å². The first-order valence-corrected chi connectivity index (χ1v) is 9.70. The van der Waals surface area contributed by atoms with Crippen molar-refractivity contribution in [2.24, 2.45) is 0 Å². The molecule has 2 aromatic rings. The van der Waals surface area contributed by atoms with Gasteiger partial charge in [0, 0.05) is 43.3 Å². The molecule has 0 bridgehead atoms. The van der Waals surface area contributed by atoms with Crippen LogP contribution in [0.2, 0.25) is 5.02 Å². The van der Waals surface area contributed by atoms with Gasteiger partial charge in [0.15, 0.2) is 0 Å². The molecule has 28 heavy (non-hydrogen) atoms.